The van der Waals surface area contributed by atoms with E-state index in [2.05, 4.69) is 20.4 Å². The number of thiophene rings is 1. The first kappa shape index (κ1) is 16.3. The number of amides is 2. The zero-order valence-corrected chi connectivity index (χ0v) is 14.0. The van der Waals surface area contributed by atoms with Crippen molar-refractivity contribution in [3.63, 3.8) is 0 Å². The molecule has 0 saturated heterocycles. The summed E-state index contributed by atoms with van der Waals surface area (Å²) in [5.41, 5.74) is 5.14. The van der Waals surface area contributed by atoms with Crippen LogP contribution in [0, 0.1) is 0 Å². The molecule has 3 N–H and O–H groups in total. The predicted molar refractivity (Wildman–Crippen MR) is 89.8 cm³/mol. The normalized spacial score (nSPS) is 10.7. The molecule has 3 aromatic heterocycles. The highest BCUT2D eigenvalue weighted by Gasteiger charge is 2.12. The Labute approximate surface area is 144 Å². The first-order valence-electron chi connectivity index (χ1n) is 7.04. The van der Waals surface area contributed by atoms with Crippen molar-refractivity contribution in [1.82, 2.24) is 15.1 Å². The summed E-state index contributed by atoms with van der Waals surface area (Å²) in [6, 6.07) is 3.84. The van der Waals surface area contributed by atoms with Crippen molar-refractivity contribution in [1.29, 1.82) is 0 Å². The molecule has 0 aliphatic heterocycles. The van der Waals surface area contributed by atoms with Crippen molar-refractivity contribution in [2.45, 2.75) is 19.3 Å². The molecule has 0 atom stereocenters. The van der Waals surface area contributed by atoms with Crippen molar-refractivity contribution < 1.29 is 14.1 Å². The number of nitrogens with two attached hydrogens (primary N) is 1. The lowest BCUT2D eigenvalue weighted by Crippen LogP contribution is -2.11. The number of nitrogens with one attached hydrogen (secondary N) is 1. The molecule has 0 unspecified atom stereocenters. The molecule has 0 spiro atoms. The number of hydrogen-bond donors (Lipinski definition) is 2. The van der Waals surface area contributed by atoms with Gasteiger partial charge >= 0.3 is 0 Å². The van der Waals surface area contributed by atoms with E-state index in [-0.39, 0.29) is 12.3 Å². The highest BCUT2D eigenvalue weighted by molar-refractivity contribution is 7.17. The van der Waals surface area contributed by atoms with Gasteiger partial charge in [-0.1, -0.05) is 22.6 Å². The van der Waals surface area contributed by atoms with Gasteiger partial charge in [0.1, 0.15) is 4.88 Å². The van der Waals surface area contributed by atoms with Gasteiger partial charge in [-0.05, 0) is 17.9 Å². The van der Waals surface area contributed by atoms with Gasteiger partial charge in [-0.3, -0.25) is 9.59 Å². The van der Waals surface area contributed by atoms with Gasteiger partial charge in [0.05, 0.1) is 11.1 Å². The molecule has 0 aliphatic rings. The van der Waals surface area contributed by atoms with Crippen LogP contribution in [0.1, 0.15) is 28.4 Å². The van der Waals surface area contributed by atoms with E-state index in [0.717, 1.165) is 16.2 Å². The molecule has 0 saturated carbocycles. The number of carbonyl (C=O) groups is 2. The quantitative estimate of drug-likeness (QED) is 0.664. The fourth-order valence-electron chi connectivity index (χ4n) is 1.89. The minimum atomic E-state index is -0.564. The lowest BCUT2D eigenvalue weighted by molar-refractivity contribution is -0.116. The highest BCUT2D eigenvalue weighted by Crippen LogP contribution is 2.22. The summed E-state index contributed by atoms with van der Waals surface area (Å²) in [5.74, 6) is 0.298. The van der Waals surface area contributed by atoms with Gasteiger partial charge in [0.25, 0.3) is 5.91 Å². The van der Waals surface area contributed by atoms with E-state index in [4.69, 9.17) is 10.3 Å². The molecule has 8 nitrogen and oxygen atoms in total. The zero-order valence-electron chi connectivity index (χ0n) is 12.4. The molecular weight excluding hydrogens is 350 g/mol. The molecule has 0 bridgehead atoms. The number of carbonyl (C=O) groups excluding carboxylic acids is 2. The average Bonchev–Trinajstić information content (AvgIpc) is 3.28. The fourth-order valence-corrected chi connectivity index (χ4v) is 3.22. The van der Waals surface area contributed by atoms with Gasteiger partial charge in [-0.15, -0.1) is 11.3 Å². The number of aryl methyl sites for hydroxylation is 1. The molecule has 24 heavy (non-hydrogen) atoms. The SMILES string of the molecule is NC(=O)c1cnc(NC(=O)CCCc2nc(-c3cccs3)no2)s1. The maximum Gasteiger partial charge on any atom is 0.260 e. The molecule has 124 valence electrons. The molecule has 0 aliphatic carbocycles. The largest absolute Gasteiger partial charge is 0.365 e. The van der Waals surface area contributed by atoms with Crippen molar-refractivity contribution in [2.75, 3.05) is 5.32 Å². The van der Waals surface area contributed by atoms with Crippen molar-refractivity contribution in [3.05, 3.63) is 34.5 Å². The number of primary amides is 1. The third-order valence-corrected chi connectivity index (χ3v) is 4.79. The number of rotatable bonds is 7. The third kappa shape index (κ3) is 4.03. The molecule has 3 rings (SSSR count). The Bertz CT molecular complexity index is 840. The summed E-state index contributed by atoms with van der Waals surface area (Å²) in [6.45, 7) is 0. The summed E-state index contributed by atoms with van der Waals surface area (Å²) in [6.07, 6.45) is 2.69. The van der Waals surface area contributed by atoms with Crippen molar-refractivity contribution in [3.8, 4) is 10.7 Å². The summed E-state index contributed by atoms with van der Waals surface area (Å²) >= 11 is 2.58. The van der Waals surface area contributed by atoms with Crippen molar-refractivity contribution >= 4 is 39.6 Å². The van der Waals surface area contributed by atoms with Gasteiger partial charge in [-0.25, -0.2) is 4.98 Å². The highest BCUT2D eigenvalue weighted by atomic mass is 32.1. The molecule has 3 aromatic rings. The number of anilines is 1. The first-order chi connectivity index (χ1) is 11.6. The van der Waals surface area contributed by atoms with Gasteiger partial charge in [0.2, 0.25) is 17.6 Å². The summed E-state index contributed by atoms with van der Waals surface area (Å²) in [5, 5.41) is 8.84. The van der Waals surface area contributed by atoms with E-state index in [1.807, 2.05) is 17.5 Å². The molecule has 0 radical (unpaired) electrons. The molecule has 10 heteroatoms. The Morgan fingerprint density at radius 3 is 2.96 bits per heavy atom. The van der Waals surface area contributed by atoms with Crippen LogP contribution in [0.4, 0.5) is 5.13 Å². The van der Waals surface area contributed by atoms with Crippen LogP contribution in [0.3, 0.4) is 0 Å². The van der Waals surface area contributed by atoms with Crippen LogP contribution in [0.2, 0.25) is 0 Å². The maximum atomic E-state index is 11.8. The van der Waals surface area contributed by atoms with E-state index < -0.39 is 5.91 Å². The Morgan fingerprint density at radius 1 is 1.38 bits per heavy atom. The smallest absolute Gasteiger partial charge is 0.260 e. The van der Waals surface area contributed by atoms with Gasteiger partial charge in [0.15, 0.2) is 5.13 Å². The van der Waals surface area contributed by atoms with Gasteiger partial charge < -0.3 is 15.6 Å². The van der Waals surface area contributed by atoms with Crippen LogP contribution in [0.25, 0.3) is 10.7 Å². The Morgan fingerprint density at radius 2 is 2.25 bits per heavy atom. The van der Waals surface area contributed by atoms with E-state index >= 15 is 0 Å². The maximum absolute atomic E-state index is 11.8. The third-order valence-electron chi connectivity index (χ3n) is 3.00. The first-order valence-corrected chi connectivity index (χ1v) is 8.73. The van der Waals surface area contributed by atoms with Crippen molar-refractivity contribution in [2.24, 2.45) is 5.73 Å². The lowest BCUT2D eigenvalue weighted by atomic mass is 10.2. The van der Waals surface area contributed by atoms with Crippen LogP contribution in [0.15, 0.2) is 28.2 Å². The van der Waals surface area contributed by atoms with Gasteiger partial charge in [-0.2, -0.15) is 4.98 Å². The predicted octanol–water partition coefficient (Wildman–Crippen LogP) is 2.31. The minimum absolute atomic E-state index is 0.196. The van der Waals surface area contributed by atoms with Crippen LogP contribution in [0.5, 0.6) is 0 Å². The number of nitrogens with zero attached hydrogens (tertiary/aromatic N) is 3. The topological polar surface area (TPSA) is 124 Å². The summed E-state index contributed by atoms with van der Waals surface area (Å²) < 4.78 is 5.17. The number of thiazole rings is 1. The minimum Gasteiger partial charge on any atom is -0.365 e. The molecule has 0 fully saturated rings. The monoisotopic (exact) mass is 363 g/mol. The van der Waals surface area contributed by atoms with Crippen LogP contribution < -0.4 is 11.1 Å². The molecule has 0 aromatic carbocycles. The van der Waals surface area contributed by atoms with Crippen LogP contribution in [-0.2, 0) is 11.2 Å². The van der Waals surface area contributed by atoms with Crippen LogP contribution >= 0.6 is 22.7 Å². The summed E-state index contributed by atoms with van der Waals surface area (Å²) in [4.78, 5) is 32.3. The number of hydrogen-bond acceptors (Lipinski definition) is 8. The number of aromatic nitrogens is 3. The fraction of sp³-hybridized carbons (Fsp3) is 0.214. The Balaban J connectivity index is 1.46. The standard InChI is InChI=1S/C14H13N5O3S2/c15-12(21)9-7-16-14(24-9)17-10(20)4-1-5-11-18-13(19-22-11)8-3-2-6-23-8/h2-3,6-7H,1,4-5H2,(H2,15,21)(H,16,17,20). The summed E-state index contributed by atoms with van der Waals surface area (Å²) in [7, 11) is 0. The van der Waals surface area contributed by atoms with E-state index in [1.54, 1.807) is 0 Å². The molecule has 3 heterocycles. The lowest BCUT2D eigenvalue weighted by Gasteiger charge is -1.99. The van der Waals surface area contributed by atoms with E-state index in [9.17, 15) is 9.59 Å². The van der Waals surface area contributed by atoms with Crippen LogP contribution in [-0.4, -0.2) is 26.9 Å². The zero-order chi connectivity index (χ0) is 16.9. The Kier molecular flexibility index (Phi) is 4.96. The second kappa shape index (κ2) is 7.32. The second-order valence-electron chi connectivity index (χ2n) is 4.78. The average molecular weight is 363 g/mol. The second-order valence-corrected chi connectivity index (χ2v) is 6.76. The van der Waals surface area contributed by atoms with E-state index in [1.165, 1.54) is 17.5 Å². The molecule has 2 amide bonds. The van der Waals surface area contributed by atoms with Gasteiger partial charge in [0, 0.05) is 12.8 Å². The van der Waals surface area contributed by atoms with E-state index in [0.29, 0.717) is 34.6 Å². The Hall–Kier alpha value is -2.59. The molecular formula is C14H13N5O3S2.